The quantitative estimate of drug-likeness (QED) is 0.158. The zero-order valence-corrected chi connectivity index (χ0v) is 20.9. The first kappa shape index (κ1) is 26.7. The summed E-state index contributed by atoms with van der Waals surface area (Å²) in [4.78, 5) is 23.9. The molecule has 1 saturated carbocycles. The molecule has 4 atom stereocenters. The Morgan fingerprint density at radius 2 is 1.76 bits per heavy atom. The molecule has 0 unspecified atom stereocenters. The highest BCUT2D eigenvalue weighted by Gasteiger charge is 2.58. The largest absolute Gasteiger partial charge is 0.485 e. The lowest BCUT2D eigenvalue weighted by Crippen LogP contribution is -2.39. The average Bonchev–Trinajstić information content (AvgIpc) is 3.47. The number of benzene rings is 2. The third-order valence-corrected chi connectivity index (χ3v) is 7.38. The van der Waals surface area contributed by atoms with Gasteiger partial charge in [0.05, 0.1) is 19.8 Å². The van der Waals surface area contributed by atoms with Gasteiger partial charge in [0.2, 0.25) is 0 Å². The molecular weight excluding hydrogens is 478 g/mol. The van der Waals surface area contributed by atoms with Crippen LogP contribution in [-0.2, 0) is 24.5 Å². The van der Waals surface area contributed by atoms with Gasteiger partial charge in [-0.1, -0.05) is 30.4 Å². The molecule has 0 amide bonds. The van der Waals surface area contributed by atoms with Crippen molar-refractivity contribution in [2.75, 3.05) is 20.3 Å². The molecule has 0 N–H and O–H groups in total. The molecule has 1 saturated heterocycles. The van der Waals surface area contributed by atoms with Crippen molar-refractivity contribution in [3.05, 3.63) is 90.0 Å². The van der Waals surface area contributed by atoms with E-state index in [2.05, 4.69) is 16.9 Å². The summed E-state index contributed by atoms with van der Waals surface area (Å²) in [5.41, 5.74) is 0.777. The highest BCUT2D eigenvalue weighted by Crippen LogP contribution is 2.57. The highest BCUT2D eigenvalue weighted by molar-refractivity contribution is 5.91. The standard InChI is InChI=1S/C30H32F2O5/c1-35-29(34)7-5-3-2-4-6-27-26(17-14-24(33)19-36-25-15-12-23(32)13-16-25)28-18-30(27,20-37-28)21-8-10-22(31)11-9-21/h2,4,8-17,26-28H,3,5-7,18-20H2,1H3/t26-,27-,28-,30-/m1/s1. The van der Waals surface area contributed by atoms with Crippen molar-refractivity contribution in [2.45, 2.75) is 43.6 Å². The molecule has 1 aliphatic heterocycles. The van der Waals surface area contributed by atoms with Crippen LogP contribution >= 0.6 is 0 Å². The molecule has 2 fully saturated rings. The van der Waals surface area contributed by atoms with Crippen LogP contribution in [0.25, 0.3) is 0 Å². The molecule has 0 aromatic heterocycles. The van der Waals surface area contributed by atoms with Crippen molar-refractivity contribution in [3.8, 4) is 5.75 Å². The van der Waals surface area contributed by atoms with Crippen LogP contribution in [0.15, 0.2) is 72.8 Å². The van der Waals surface area contributed by atoms with Crippen molar-refractivity contribution in [2.24, 2.45) is 11.8 Å². The van der Waals surface area contributed by atoms with E-state index in [1.807, 2.05) is 18.2 Å². The number of ketones is 1. The van der Waals surface area contributed by atoms with E-state index in [1.54, 1.807) is 6.08 Å². The molecular formula is C30H32F2O5. The minimum atomic E-state index is -0.367. The molecule has 196 valence electrons. The first-order valence-corrected chi connectivity index (χ1v) is 12.6. The monoisotopic (exact) mass is 510 g/mol. The van der Waals surface area contributed by atoms with Gasteiger partial charge in [-0.2, -0.15) is 0 Å². The van der Waals surface area contributed by atoms with Gasteiger partial charge in [0, 0.05) is 17.8 Å². The number of esters is 1. The lowest BCUT2D eigenvalue weighted by atomic mass is 9.69. The lowest BCUT2D eigenvalue weighted by Gasteiger charge is -2.38. The van der Waals surface area contributed by atoms with E-state index in [1.165, 1.54) is 43.5 Å². The fourth-order valence-electron chi connectivity index (χ4n) is 5.48. The van der Waals surface area contributed by atoms with Crippen molar-refractivity contribution in [1.82, 2.24) is 0 Å². The fraction of sp³-hybridized carbons (Fsp3) is 0.400. The molecule has 1 aliphatic carbocycles. The van der Waals surface area contributed by atoms with Crippen LogP contribution in [0.5, 0.6) is 5.75 Å². The number of fused-ring (bicyclic) bond motifs is 2. The van der Waals surface area contributed by atoms with Crippen molar-refractivity contribution >= 4 is 11.8 Å². The molecule has 4 rings (SSSR count). The van der Waals surface area contributed by atoms with Crippen molar-refractivity contribution in [3.63, 3.8) is 0 Å². The van der Waals surface area contributed by atoms with Crippen LogP contribution < -0.4 is 4.74 Å². The molecule has 2 aromatic carbocycles. The Hall–Kier alpha value is -3.32. The van der Waals surface area contributed by atoms with Gasteiger partial charge < -0.3 is 14.2 Å². The number of unbranched alkanes of at least 4 members (excludes halogenated alkanes) is 1. The number of ether oxygens (including phenoxy) is 3. The molecule has 1 heterocycles. The number of hydrogen-bond acceptors (Lipinski definition) is 5. The van der Waals surface area contributed by atoms with Gasteiger partial charge in [0.25, 0.3) is 0 Å². The summed E-state index contributed by atoms with van der Waals surface area (Å²) in [6.45, 7) is 0.407. The van der Waals surface area contributed by atoms with Crippen LogP contribution in [-0.4, -0.2) is 38.2 Å². The highest BCUT2D eigenvalue weighted by atomic mass is 19.1. The Bertz CT molecular complexity index is 1130. The van der Waals surface area contributed by atoms with Crippen LogP contribution in [0.2, 0.25) is 0 Å². The van der Waals surface area contributed by atoms with Gasteiger partial charge in [-0.15, -0.1) is 0 Å². The summed E-state index contributed by atoms with van der Waals surface area (Å²) in [7, 11) is 1.39. The number of methoxy groups -OCH3 is 1. The van der Waals surface area contributed by atoms with Crippen LogP contribution in [0.3, 0.4) is 0 Å². The SMILES string of the molecule is COC(=O)CCCC=CC[C@@H]1[C@@H](C=CC(=O)COc2ccc(F)cc2)[C@H]2C[C@]1(c1ccc(F)cc1)CO2. The maximum atomic E-state index is 13.7. The number of carbonyl (C=O) groups excluding carboxylic acids is 2. The molecule has 2 aromatic rings. The second-order valence-electron chi connectivity index (χ2n) is 9.64. The van der Waals surface area contributed by atoms with E-state index in [4.69, 9.17) is 9.47 Å². The van der Waals surface area contributed by atoms with E-state index in [-0.39, 0.29) is 53.3 Å². The lowest BCUT2D eigenvalue weighted by molar-refractivity contribution is -0.140. The maximum Gasteiger partial charge on any atom is 0.305 e. The van der Waals surface area contributed by atoms with Crippen LogP contribution in [0, 0.1) is 23.5 Å². The number of rotatable bonds is 12. The summed E-state index contributed by atoms with van der Waals surface area (Å²) in [6, 6.07) is 12.2. The minimum Gasteiger partial charge on any atom is -0.485 e. The Kier molecular flexibility index (Phi) is 8.87. The zero-order valence-electron chi connectivity index (χ0n) is 20.9. The number of hydrogen-bond donors (Lipinski definition) is 0. The van der Waals surface area contributed by atoms with E-state index >= 15 is 0 Å². The molecule has 0 spiro atoms. The maximum absolute atomic E-state index is 13.7. The van der Waals surface area contributed by atoms with Crippen LogP contribution in [0.4, 0.5) is 8.78 Å². The summed E-state index contributed by atoms with van der Waals surface area (Å²) < 4.78 is 43.0. The second-order valence-corrected chi connectivity index (χ2v) is 9.64. The van der Waals surface area contributed by atoms with Gasteiger partial charge in [-0.05, 0) is 79.6 Å². The molecule has 2 aliphatic rings. The number of carbonyl (C=O) groups is 2. The predicted octanol–water partition coefficient (Wildman–Crippen LogP) is 5.73. The zero-order chi connectivity index (χ0) is 26.3. The molecule has 5 nitrogen and oxygen atoms in total. The Labute approximate surface area is 216 Å². The topological polar surface area (TPSA) is 61.8 Å². The summed E-state index contributed by atoms with van der Waals surface area (Å²) in [5.74, 6) is -0.458. The van der Waals surface area contributed by atoms with Gasteiger partial charge >= 0.3 is 5.97 Å². The summed E-state index contributed by atoms with van der Waals surface area (Å²) >= 11 is 0. The normalized spacial score (nSPS) is 24.7. The van der Waals surface area contributed by atoms with E-state index in [0.29, 0.717) is 25.2 Å². The van der Waals surface area contributed by atoms with Crippen molar-refractivity contribution < 1.29 is 32.6 Å². The van der Waals surface area contributed by atoms with E-state index in [9.17, 15) is 18.4 Å². The van der Waals surface area contributed by atoms with Gasteiger partial charge in [0.15, 0.2) is 12.4 Å². The Morgan fingerprint density at radius 3 is 2.46 bits per heavy atom. The first-order chi connectivity index (χ1) is 17.9. The third kappa shape index (κ3) is 6.52. The van der Waals surface area contributed by atoms with E-state index in [0.717, 1.165) is 24.8 Å². The molecule has 2 bridgehead atoms. The van der Waals surface area contributed by atoms with E-state index < -0.39 is 0 Å². The van der Waals surface area contributed by atoms with Crippen LogP contribution in [0.1, 0.15) is 37.7 Å². The molecule has 7 heteroatoms. The summed E-state index contributed by atoms with van der Waals surface area (Å²) in [5, 5.41) is 0. The third-order valence-electron chi connectivity index (χ3n) is 7.38. The fourth-order valence-corrected chi connectivity index (χ4v) is 5.48. The van der Waals surface area contributed by atoms with Gasteiger partial charge in [0.1, 0.15) is 17.4 Å². The smallest absolute Gasteiger partial charge is 0.305 e. The molecule has 0 radical (unpaired) electrons. The Balaban J connectivity index is 1.44. The van der Waals surface area contributed by atoms with Crippen molar-refractivity contribution in [1.29, 1.82) is 0 Å². The number of halogens is 2. The minimum absolute atomic E-state index is 0.00768. The van der Waals surface area contributed by atoms with Gasteiger partial charge in [-0.3, -0.25) is 9.59 Å². The summed E-state index contributed by atoms with van der Waals surface area (Å²) in [6.07, 6.45) is 11.1. The number of allylic oxidation sites excluding steroid dienone is 2. The second kappa shape index (κ2) is 12.3. The first-order valence-electron chi connectivity index (χ1n) is 12.6. The predicted molar refractivity (Wildman–Crippen MR) is 135 cm³/mol. The molecule has 37 heavy (non-hydrogen) atoms. The van der Waals surface area contributed by atoms with Gasteiger partial charge in [-0.25, -0.2) is 8.78 Å². The average molecular weight is 511 g/mol. The Morgan fingerprint density at radius 1 is 1.05 bits per heavy atom.